The lowest BCUT2D eigenvalue weighted by atomic mass is 9.98. The number of nitrogens with zero attached hydrogens (tertiary/aromatic N) is 24. The third-order valence-corrected chi connectivity index (χ3v) is 21.5. The van der Waals surface area contributed by atoms with Crippen molar-refractivity contribution < 1.29 is 0 Å². The number of benzene rings is 4. The van der Waals surface area contributed by atoms with Gasteiger partial charge in [0, 0.05) is 123 Å². The molecule has 0 aliphatic heterocycles. The summed E-state index contributed by atoms with van der Waals surface area (Å²) >= 11 is 17.9. The van der Waals surface area contributed by atoms with Crippen LogP contribution in [0.2, 0.25) is 15.1 Å². The smallest absolute Gasteiger partial charge is 0.212 e. The quantitative estimate of drug-likeness (QED) is 0.0400. The number of pyridine rings is 12. The molecule has 0 fully saturated rings. The molecule has 16 rings (SSSR count). The molecule has 0 unspecified atom stereocenters. The molecular formula is C120H69Cl3N24. The fraction of sp³-hybridized carbons (Fsp3) is 0. The normalized spacial score (nSPS) is 11.8. The predicted octanol–water partition coefficient (Wildman–Crippen LogP) is 27.6. The molecule has 147 heavy (non-hydrogen) atoms. The van der Waals surface area contributed by atoms with E-state index in [0.717, 1.165) is 66.8 Å². The van der Waals surface area contributed by atoms with Crippen molar-refractivity contribution in [1.82, 2.24) is 59.8 Å². The summed E-state index contributed by atoms with van der Waals surface area (Å²) in [4.78, 5) is 64.6. The van der Waals surface area contributed by atoms with E-state index in [1.54, 1.807) is 293 Å². The summed E-state index contributed by atoms with van der Waals surface area (Å²) in [5, 5.41) is 79.7. The Kier molecular flexibility index (Phi) is 37.2. The average molecular weight is 1950 g/mol. The van der Waals surface area contributed by atoms with Gasteiger partial charge in [0.1, 0.15) is 24.3 Å². The van der Waals surface area contributed by atoms with Crippen molar-refractivity contribution in [3.05, 3.63) is 543 Å². The predicted molar refractivity (Wildman–Crippen MR) is 577 cm³/mol. The highest BCUT2D eigenvalue weighted by Gasteiger charge is 2.17. The van der Waals surface area contributed by atoms with Gasteiger partial charge in [-0.3, -0.25) is 59.8 Å². The first-order valence-corrected chi connectivity index (χ1v) is 45.1. The van der Waals surface area contributed by atoms with Gasteiger partial charge in [0.15, 0.2) is 11.4 Å². The van der Waals surface area contributed by atoms with E-state index in [1.807, 2.05) is 109 Å². The van der Waals surface area contributed by atoms with Crippen LogP contribution in [0.1, 0.15) is 134 Å². The molecule has 0 aliphatic carbocycles. The van der Waals surface area contributed by atoms with Crippen LogP contribution in [-0.2, 0) is 0 Å². The Morgan fingerprint density at radius 1 is 0.197 bits per heavy atom. The molecule has 12 aromatic heterocycles. The molecule has 0 atom stereocenters. The van der Waals surface area contributed by atoms with Crippen LogP contribution in [0.4, 0.5) is 0 Å². The van der Waals surface area contributed by atoms with E-state index < -0.39 is 0 Å². The second-order valence-corrected chi connectivity index (χ2v) is 32.1. The minimum atomic E-state index is 0.294. The van der Waals surface area contributed by atoms with E-state index >= 15 is 0 Å². The number of aromatic nitrogens is 12. The molecule has 0 saturated heterocycles. The van der Waals surface area contributed by atoms with Gasteiger partial charge in [0.05, 0.1) is 144 Å². The van der Waals surface area contributed by atoms with Gasteiger partial charge in [-0.25, -0.2) is 19.4 Å². The molecule has 0 N–H and O–H groups in total. The van der Waals surface area contributed by atoms with E-state index in [9.17, 15) is 42.1 Å². The van der Waals surface area contributed by atoms with Crippen LogP contribution in [-0.4, -0.2) is 59.8 Å². The van der Waals surface area contributed by atoms with Crippen molar-refractivity contribution in [2.75, 3.05) is 0 Å². The molecule has 0 amide bonds. The lowest BCUT2D eigenvalue weighted by molar-refractivity contribution is 1.28. The highest BCUT2D eigenvalue weighted by molar-refractivity contribution is 6.31. The summed E-state index contributed by atoms with van der Waals surface area (Å²) in [6.07, 6.45) is 49.9. The first-order valence-electron chi connectivity index (χ1n) is 43.9. The van der Waals surface area contributed by atoms with Crippen LogP contribution in [0.15, 0.2) is 348 Å². The molecule has 4 aromatic carbocycles. The maximum Gasteiger partial charge on any atom is 0.212 e. The first-order chi connectivity index (χ1) is 72.0. The summed E-state index contributed by atoms with van der Waals surface area (Å²) in [7, 11) is 0. The second-order valence-electron chi connectivity index (χ2n) is 30.8. The standard InChI is InChI=1S/C30H15Cl3N6.3C30H18N6/c1-36-30(29-7-4-26(33)18-39-29)13-21-9-19(11-22(14-34)27-5-2-24(31)16-37-27)8-20(10-21)12-23(15-35)28-6-3-25(32)17-38-28;1-33-30(27-6-12-36-13-7-27)19-24-15-22(17-28(20-31)25-2-8-34-9-3-25)14-23(16-24)18-29(21-32)26-4-10-35-11-5-26;1-33-30(27-7-4-10-36-21-27)16-24-12-22(14-28(17-31)25-5-2-8-34-19-25)11-23(13-24)15-29(18-32)26-6-3-9-35-20-26;1-33-30(29-10-4-7-13-36-29)19-24-15-22(17-25(20-31)27-8-2-5-11-34-27)14-23(16-24)18-26(21-32)28-9-3-6-12-35-28/h2-13,16-18H;2-19H;2-16,19-21H;2-19H/b22-11+,23-12+,30-13-;28-17+,29-18+,30-19-;28-14+,29-15+,30-16-;25-17+,26-18+,30-19-. The Morgan fingerprint density at radius 2 is 0.429 bits per heavy atom. The van der Waals surface area contributed by atoms with Gasteiger partial charge in [-0.15, -0.1) is 0 Å². The lowest BCUT2D eigenvalue weighted by Crippen LogP contribution is -1.90. The van der Waals surface area contributed by atoms with Crippen LogP contribution < -0.4 is 0 Å². The van der Waals surface area contributed by atoms with E-state index in [-0.39, 0.29) is 0 Å². The van der Waals surface area contributed by atoms with Gasteiger partial charge < -0.3 is 0 Å². The molecule has 0 radical (unpaired) electrons. The molecule has 24 nitrogen and oxygen atoms in total. The van der Waals surface area contributed by atoms with E-state index in [0.29, 0.717) is 150 Å². The fourth-order valence-electron chi connectivity index (χ4n) is 14.1. The third-order valence-electron chi connectivity index (χ3n) is 20.8. The summed E-state index contributed by atoms with van der Waals surface area (Å²) in [6, 6.07) is 87.7. The van der Waals surface area contributed by atoms with Crippen molar-refractivity contribution in [1.29, 1.82) is 42.1 Å². The summed E-state index contributed by atoms with van der Waals surface area (Å²) < 4.78 is 0. The fourth-order valence-corrected chi connectivity index (χ4v) is 14.5. The molecule has 0 spiro atoms. The van der Waals surface area contributed by atoms with E-state index in [4.69, 9.17) is 61.1 Å². The minimum Gasteiger partial charge on any atom is -0.268 e. The van der Waals surface area contributed by atoms with Crippen LogP contribution in [0.5, 0.6) is 0 Å². The largest absolute Gasteiger partial charge is 0.268 e. The molecule has 0 saturated carbocycles. The molecular weight excluding hydrogens is 1880 g/mol. The summed E-state index contributed by atoms with van der Waals surface area (Å²) in [6.45, 7) is 30.7. The molecule has 27 heteroatoms. The minimum absolute atomic E-state index is 0.294. The number of allylic oxidation sites excluding steroid dienone is 8. The maximum absolute atomic E-state index is 9.82. The zero-order chi connectivity index (χ0) is 103. The molecule has 0 bridgehead atoms. The van der Waals surface area contributed by atoms with E-state index in [2.05, 4.69) is 128 Å². The number of nitriles is 8. The van der Waals surface area contributed by atoms with Gasteiger partial charge in [-0.2, -0.15) is 42.1 Å². The maximum atomic E-state index is 9.82. The van der Waals surface area contributed by atoms with Crippen LogP contribution >= 0.6 is 34.8 Å². The van der Waals surface area contributed by atoms with Gasteiger partial charge >= 0.3 is 0 Å². The second kappa shape index (κ2) is 53.3. The van der Waals surface area contributed by atoms with Crippen LogP contribution in [0.3, 0.4) is 0 Å². The average Bonchev–Trinajstić information content (AvgIpc) is 0.835. The first kappa shape index (κ1) is 103. The van der Waals surface area contributed by atoms with Crippen molar-refractivity contribution >= 4 is 175 Å². The topological polar surface area (TPSA) is 362 Å². The molecule has 690 valence electrons. The Balaban J connectivity index is 0.000000164. The van der Waals surface area contributed by atoms with Gasteiger partial charge in [-0.05, 0) is 362 Å². The zero-order valence-electron chi connectivity index (χ0n) is 77.2. The van der Waals surface area contributed by atoms with Crippen LogP contribution in [0, 0.1) is 117 Å². The van der Waals surface area contributed by atoms with Crippen molar-refractivity contribution in [3.8, 4) is 48.6 Å². The molecule has 12 heterocycles. The molecule has 0 aliphatic rings. The molecule has 16 aromatic rings. The SMILES string of the molecule is [C-]#[N+]/C(=C\c1cc(/C=C(\C#N)c2ccc(Cl)cn2)cc(/C=C(\C#N)c2ccc(Cl)cn2)c1)c1ccc(Cl)cn1.[C-]#[N+]/C(=C\c1cc(/C=C(\C#N)c2ccccn2)cc(/C=C(\C#N)c2ccccn2)c1)c1ccccn1.[C-]#[N+]/C(=C\c1cc(/C=C(\C#N)c2cccnc2)cc(/C=C(\C#N)c2cccnc2)c1)c1cccnc1.[C-]#[N+]/C(=C\c1cc(/C=C(\C#N)c2ccncc2)cc(/C=C(\C#N)c2ccncc2)c1)c1ccncc1. The number of halogens is 3. The summed E-state index contributed by atoms with van der Waals surface area (Å²) in [5.74, 6) is 0. The van der Waals surface area contributed by atoms with Gasteiger partial charge in [0.25, 0.3) is 0 Å². The monoisotopic (exact) mass is 1950 g/mol. The van der Waals surface area contributed by atoms with Crippen molar-refractivity contribution in [2.45, 2.75) is 0 Å². The Bertz CT molecular complexity index is 7060. The van der Waals surface area contributed by atoms with Gasteiger partial charge in [0.2, 0.25) is 11.4 Å². The third kappa shape index (κ3) is 30.2. The number of hydrogen-bond donors (Lipinski definition) is 0. The van der Waals surface area contributed by atoms with Crippen molar-refractivity contribution in [3.63, 3.8) is 0 Å². The summed E-state index contributed by atoms with van der Waals surface area (Å²) in [5.41, 5.74) is 20.8. The highest BCUT2D eigenvalue weighted by atomic mass is 35.5. The van der Waals surface area contributed by atoms with E-state index in [1.165, 1.54) is 18.6 Å². The van der Waals surface area contributed by atoms with Crippen molar-refractivity contribution in [2.24, 2.45) is 0 Å². The Hall–Kier alpha value is -21.7. The van der Waals surface area contributed by atoms with Crippen LogP contribution in [0.25, 0.3) is 160 Å². The number of rotatable bonds is 24. The zero-order valence-corrected chi connectivity index (χ0v) is 79.5. The number of hydrogen-bond acceptors (Lipinski definition) is 20. The Morgan fingerprint density at radius 3 is 0.680 bits per heavy atom. The Labute approximate surface area is 862 Å². The lowest BCUT2D eigenvalue weighted by Gasteiger charge is -2.06. The van der Waals surface area contributed by atoms with Gasteiger partial charge in [-0.1, -0.05) is 71.2 Å². The highest BCUT2D eigenvalue weighted by Crippen LogP contribution is 2.34.